The number of rotatable bonds is 11. The lowest BCUT2D eigenvalue weighted by atomic mass is 10.1. The number of aryl methyl sites for hydroxylation is 1. The SMILES string of the molecule is CCCCCCNCc1cc(Br)c(OCc2cccc(C)c2)c(OC)c1. The molecule has 2 aromatic carbocycles. The molecule has 0 atom stereocenters. The first-order chi connectivity index (χ1) is 12.6. The van der Waals surface area contributed by atoms with Gasteiger partial charge in [0.05, 0.1) is 11.6 Å². The second-order valence-corrected chi connectivity index (χ2v) is 7.48. The number of ether oxygens (including phenoxy) is 2. The Balaban J connectivity index is 1.95. The van der Waals surface area contributed by atoms with Crippen LogP contribution in [0, 0.1) is 6.92 Å². The Hall–Kier alpha value is -1.52. The van der Waals surface area contributed by atoms with Gasteiger partial charge in [0.25, 0.3) is 0 Å². The Labute approximate surface area is 166 Å². The number of hydrogen-bond donors (Lipinski definition) is 1. The van der Waals surface area contributed by atoms with Crippen molar-refractivity contribution in [2.75, 3.05) is 13.7 Å². The Morgan fingerprint density at radius 3 is 2.62 bits per heavy atom. The lowest BCUT2D eigenvalue weighted by Gasteiger charge is -2.15. The summed E-state index contributed by atoms with van der Waals surface area (Å²) in [4.78, 5) is 0. The molecule has 4 heteroatoms. The molecule has 0 amide bonds. The molecule has 3 nitrogen and oxygen atoms in total. The molecule has 0 aliphatic rings. The van der Waals surface area contributed by atoms with Crippen LogP contribution in [-0.4, -0.2) is 13.7 Å². The Morgan fingerprint density at radius 2 is 1.88 bits per heavy atom. The van der Waals surface area contributed by atoms with Crippen molar-refractivity contribution in [2.24, 2.45) is 0 Å². The summed E-state index contributed by atoms with van der Waals surface area (Å²) in [6, 6.07) is 12.5. The van der Waals surface area contributed by atoms with Crippen molar-refractivity contribution in [1.29, 1.82) is 0 Å². The van der Waals surface area contributed by atoms with Gasteiger partial charge in [-0.2, -0.15) is 0 Å². The quantitative estimate of drug-likeness (QED) is 0.451. The van der Waals surface area contributed by atoms with Crippen molar-refractivity contribution in [3.05, 3.63) is 57.6 Å². The van der Waals surface area contributed by atoms with Crippen molar-refractivity contribution in [1.82, 2.24) is 5.32 Å². The van der Waals surface area contributed by atoms with Gasteiger partial charge in [0.15, 0.2) is 11.5 Å². The maximum absolute atomic E-state index is 6.03. The third-order valence-electron chi connectivity index (χ3n) is 4.29. The summed E-state index contributed by atoms with van der Waals surface area (Å²) >= 11 is 3.64. The molecule has 142 valence electrons. The molecular weight excluding hydrogens is 390 g/mol. The molecule has 0 spiro atoms. The zero-order valence-electron chi connectivity index (χ0n) is 16.1. The summed E-state index contributed by atoms with van der Waals surface area (Å²) in [5.41, 5.74) is 3.57. The van der Waals surface area contributed by atoms with E-state index in [-0.39, 0.29) is 0 Å². The number of unbranched alkanes of at least 4 members (excludes halogenated alkanes) is 3. The number of benzene rings is 2. The van der Waals surface area contributed by atoms with Crippen LogP contribution in [0.15, 0.2) is 40.9 Å². The Bertz CT molecular complexity index is 688. The second kappa shape index (κ2) is 11.2. The third kappa shape index (κ3) is 6.65. The fourth-order valence-electron chi connectivity index (χ4n) is 2.88. The van der Waals surface area contributed by atoms with Gasteiger partial charge in [0.2, 0.25) is 0 Å². The fourth-order valence-corrected chi connectivity index (χ4v) is 3.49. The summed E-state index contributed by atoms with van der Waals surface area (Å²) < 4.78 is 12.5. The molecule has 2 aromatic rings. The minimum absolute atomic E-state index is 0.520. The predicted octanol–water partition coefficient (Wildman–Crippen LogP) is 6.02. The van der Waals surface area contributed by atoms with E-state index in [4.69, 9.17) is 9.47 Å². The molecule has 1 N–H and O–H groups in total. The molecule has 0 saturated carbocycles. The van der Waals surface area contributed by atoms with Crippen LogP contribution in [0.1, 0.15) is 49.3 Å². The van der Waals surface area contributed by atoms with Gasteiger partial charge >= 0.3 is 0 Å². The first-order valence-electron chi connectivity index (χ1n) is 9.39. The van der Waals surface area contributed by atoms with Crippen LogP contribution < -0.4 is 14.8 Å². The van der Waals surface area contributed by atoms with E-state index in [1.807, 2.05) is 0 Å². The summed E-state index contributed by atoms with van der Waals surface area (Å²) in [6.45, 7) is 6.72. The monoisotopic (exact) mass is 419 g/mol. The van der Waals surface area contributed by atoms with E-state index in [0.717, 1.165) is 34.6 Å². The number of nitrogens with one attached hydrogen (secondary N) is 1. The summed E-state index contributed by atoms with van der Waals surface area (Å²) in [6.07, 6.45) is 5.11. The molecule has 0 radical (unpaired) electrons. The number of halogens is 1. The van der Waals surface area contributed by atoms with Gasteiger partial charge in [0.1, 0.15) is 6.61 Å². The maximum Gasteiger partial charge on any atom is 0.175 e. The Morgan fingerprint density at radius 1 is 1.04 bits per heavy atom. The van der Waals surface area contributed by atoms with Crippen molar-refractivity contribution in [3.8, 4) is 11.5 Å². The topological polar surface area (TPSA) is 30.5 Å². The zero-order valence-corrected chi connectivity index (χ0v) is 17.7. The lowest BCUT2D eigenvalue weighted by Crippen LogP contribution is -2.14. The molecule has 0 fully saturated rings. The molecule has 26 heavy (non-hydrogen) atoms. The Kier molecular flexibility index (Phi) is 8.99. The molecule has 0 aromatic heterocycles. The van der Waals surface area contributed by atoms with Gasteiger partial charge in [-0.1, -0.05) is 56.0 Å². The highest BCUT2D eigenvalue weighted by atomic mass is 79.9. The number of hydrogen-bond acceptors (Lipinski definition) is 3. The smallest absolute Gasteiger partial charge is 0.175 e. The van der Waals surface area contributed by atoms with Crippen molar-refractivity contribution in [2.45, 2.75) is 52.7 Å². The van der Waals surface area contributed by atoms with Gasteiger partial charge in [-0.15, -0.1) is 0 Å². The molecule has 0 saturated heterocycles. The van der Waals surface area contributed by atoms with Crippen LogP contribution in [0.3, 0.4) is 0 Å². The minimum Gasteiger partial charge on any atom is -0.493 e. The highest BCUT2D eigenvalue weighted by molar-refractivity contribution is 9.10. The van der Waals surface area contributed by atoms with Gasteiger partial charge < -0.3 is 14.8 Å². The molecule has 0 bridgehead atoms. The molecule has 2 rings (SSSR count). The first-order valence-corrected chi connectivity index (χ1v) is 10.2. The van der Waals surface area contributed by atoms with Crippen molar-refractivity contribution < 1.29 is 9.47 Å². The van der Waals surface area contributed by atoms with Crippen LogP contribution in [-0.2, 0) is 13.2 Å². The van der Waals surface area contributed by atoms with E-state index >= 15 is 0 Å². The van der Waals surface area contributed by atoms with E-state index < -0.39 is 0 Å². The molecule has 0 aliphatic carbocycles. The van der Waals surface area contributed by atoms with Crippen molar-refractivity contribution in [3.63, 3.8) is 0 Å². The largest absolute Gasteiger partial charge is 0.493 e. The van der Waals surface area contributed by atoms with E-state index in [1.165, 1.54) is 36.8 Å². The molecule has 0 unspecified atom stereocenters. The average Bonchev–Trinajstić information content (AvgIpc) is 2.63. The van der Waals surface area contributed by atoms with Gasteiger partial charge in [-0.05, 0) is 59.1 Å². The van der Waals surface area contributed by atoms with Gasteiger partial charge in [-0.3, -0.25) is 0 Å². The van der Waals surface area contributed by atoms with Crippen LogP contribution in [0.5, 0.6) is 11.5 Å². The first kappa shape index (κ1) is 20.8. The van der Waals surface area contributed by atoms with Gasteiger partial charge in [0, 0.05) is 6.54 Å². The zero-order chi connectivity index (χ0) is 18.8. The summed E-state index contributed by atoms with van der Waals surface area (Å²) in [5, 5.41) is 3.51. The molecular formula is C22H30BrNO2. The average molecular weight is 420 g/mol. The second-order valence-electron chi connectivity index (χ2n) is 6.62. The maximum atomic E-state index is 6.03. The highest BCUT2D eigenvalue weighted by Crippen LogP contribution is 2.37. The van der Waals surface area contributed by atoms with Crippen molar-refractivity contribution >= 4 is 15.9 Å². The standard InChI is InChI=1S/C22H30BrNO2/c1-4-5-6-7-11-24-15-19-13-20(23)22(21(14-19)25-3)26-16-18-10-8-9-17(2)12-18/h8-10,12-14,24H,4-7,11,15-16H2,1-3H3. The fraction of sp³-hybridized carbons (Fsp3) is 0.455. The summed E-state index contributed by atoms with van der Waals surface area (Å²) in [5.74, 6) is 1.51. The van der Waals surface area contributed by atoms with E-state index in [0.29, 0.717) is 6.61 Å². The van der Waals surface area contributed by atoms with E-state index in [2.05, 4.69) is 71.5 Å². The summed E-state index contributed by atoms with van der Waals surface area (Å²) in [7, 11) is 1.68. The normalized spacial score (nSPS) is 10.8. The van der Waals surface area contributed by atoms with Crippen LogP contribution in [0.2, 0.25) is 0 Å². The van der Waals surface area contributed by atoms with E-state index in [1.54, 1.807) is 7.11 Å². The van der Waals surface area contributed by atoms with E-state index in [9.17, 15) is 0 Å². The number of methoxy groups -OCH3 is 1. The minimum atomic E-state index is 0.520. The third-order valence-corrected chi connectivity index (χ3v) is 4.88. The highest BCUT2D eigenvalue weighted by Gasteiger charge is 2.12. The lowest BCUT2D eigenvalue weighted by molar-refractivity contribution is 0.282. The predicted molar refractivity (Wildman–Crippen MR) is 112 cm³/mol. The van der Waals surface area contributed by atoms with Crippen LogP contribution in [0.4, 0.5) is 0 Å². The van der Waals surface area contributed by atoms with Gasteiger partial charge in [-0.25, -0.2) is 0 Å². The molecule has 0 heterocycles. The molecule has 0 aliphatic heterocycles. The van der Waals surface area contributed by atoms with Crippen LogP contribution >= 0.6 is 15.9 Å². The van der Waals surface area contributed by atoms with Crippen LogP contribution in [0.25, 0.3) is 0 Å².